The zero-order valence-electron chi connectivity index (χ0n) is 15.7. The molecule has 1 aromatic heterocycles. The lowest BCUT2D eigenvalue weighted by Crippen LogP contribution is -2.44. The van der Waals surface area contributed by atoms with Gasteiger partial charge in [0, 0.05) is 42.9 Å². The normalized spacial score (nSPS) is 16.5. The number of thiophene rings is 1. The Labute approximate surface area is 155 Å². The lowest BCUT2D eigenvalue weighted by Gasteiger charge is -2.25. The zero-order chi connectivity index (χ0) is 18.1. The highest BCUT2D eigenvalue weighted by molar-refractivity contribution is 7.10. The van der Waals surface area contributed by atoms with Gasteiger partial charge >= 0.3 is 0 Å². The summed E-state index contributed by atoms with van der Waals surface area (Å²) in [6, 6.07) is 4.63. The molecule has 3 N–H and O–H groups in total. The van der Waals surface area contributed by atoms with Gasteiger partial charge in [0.15, 0.2) is 5.96 Å². The minimum absolute atomic E-state index is 0.0458. The maximum atomic E-state index is 12.0. The minimum atomic E-state index is 0.0458. The van der Waals surface area contributed by atoms with Gasteiger partial charge in [0.05, 0.1) is 0 Å². The van der Waals surface area contributed by atoms with Gasteiger partial charge in [-0.3, -0.25) is 9.79 Å². The van der Waals surface area contributed by atoms with Crippen LogP contribution in [0.5, 0.6) is 0 Å². The van der Waals surface area contributed by atoms with E-state index in [9.17, 15) is 4.79 Å². The van der Waals surface area contributed by atoms with E-state index in [1.165, 1.54) is 24.1 Å². The third-order valence-electron chi connectivity index (χ3n) is 4.72. The summed E-state index contributed by atoms with van der Waals surface area (Å²) in [4.78, 5) is 17.6. The molecule has 1 aliphatic carbocycles. The highest BCUT2D eigenvalue weighted by atomic mass is 32.1. The van der Waals surface area contributed by atoms with E-state index < -0.39 is 0 Å². The third-order valence-corrected chi connectivity index (χ3v) is 5.96. The second-order valence-corrected chi connectivity index (χ2v) is 8.31. The van der Waals surface area contributed by atoms with Crippen LogP contribution in [0.2, 0.25) is 0 Å². The maximum absolute atomic E-state index is 12.0. The van der Waals surface area contributed by atoms with Crippen molar-refractivity contribution in [2.75, 3.05) is 20.1 Å². The van der Waals surface area contributed by atoms with Crippen molar-refractivity contribution in [3.63, 3.8) is 0 Å². The summed E-state index contributed by atoms with van der Waals surface area (Å²) in [5, 5.41) is 11.9. The van der Waals surface area contributed by atoms with Crippen molar-refractivity contribution >= 4 is 23.2 Å². The van der Waals surface area contributed by atoms with E-state index in [0.29, 0.717) is 19.0 Å². The fourth-order valence-electron chi connectivity index (χ4n) is 3.12. The summed E-state index contributed by atoms with van der Waals surface area (Å²) in [6.45, 7) is 5.83. The van der Waals surface area contributed by atoms with Crippen molar-refractivity contribution in [3.8, 4) is 0 Å². The van der Waals surface area contributed by atoms with Crippen molar-refractivity contribution in [3.05, 3.63) is 22.4 Å². The lowest BCUT2D eigenvalue weighted by atomic mass is 9.91. The highest BCUT2D eigenvalue weighted by Crippen LogP contribution is 2.26. The average molecular weight is 365 g/mol. The zero-order valence-corrected chi connectivity index (χ0v) is 16.5. The molecule has 140 valence electrons. The first-order valence-electron chi connectivity index (χ1n) is 9.29. The second kappa shape index (κ2) is 9.80. The molecule has 1 aromatic rings. The molecular formula is C19H32N4OS. The molecule has 0 aromatic carbocycles. The van der Waals surface area contributed by atoms with Crippen LogP contribution in [0.1, 0.15) is 57.2 Å². The number of aliphatic imine (C=N–C) groups is 1. The van der Waals surface area contributed by atoms with Crippen molar-refractivity contribution in [2.45, 2.75) is 63.8 Å². The molecule has 0 bridgehead atoms. The summed E-state index contributed by atoms with van der Waals surface area (Å²) < 4.78 is 0. The Kier molecular flexibility index (Phi) is 7.75. The largest absolute Gasteiger partial charge is 0.356 e. The molecule has 1 aliphatic rings. The quantitative estimate of drug-likeness (QED) is 0.515. The molecule has 0 unspecified atom stereocenters. The Bertz CT molecular complexity index is 548. The number of guanidine groups is 1. The first-order chi connectivity index (χ1) is 12.0. The SMILES string of the molecule is CN=C(NCCC(=O)NC1CCCCC1)NCC(C)(C)c1cccs1. The number of amides is 1. The predicted molar refractivity (Wildman–Crippen MR) is 106 cm³/mol. The topological polar surface area (TPSA) is 65.5 Å². The molecule has 0 spiro atoms. The molecule has 2 rings (SSSR count). The molecule has 1 fully saturated rings. The van der Waals surface area contributed by atoms with Crippen LogP contribution in [0.25, 0.3) is 0 Å². The summed E-state index contributed by atoms with van der Waals surface area (Å²) in [6.07, 6.45) is 6.50. The molecule has 0 atom stereocenters. The van der Waals surface area contributed by atoms with Gasteiger partial charge in [0.2, 0.25) is 5.91 Å². The van der Waals surface area contributed by atoms with E-state index in [4.69, 9.17) is 0 Å². The minimum Gasteiger partial charge on any atom is -0.356 e. The third kappa shape index (κ3) is 6.69. The summed E-state index contributed by atoms with van der Waals surface area (Å²) >= 11 is 1.77. The number of nitrogens with one attached hydrogen (secondary N) is 3. The molecule has 1 heterocycles. The van der Waals surface area contributed by atoms with Gasteiger partial charge in [-0.05, 0) is 24.3 Å². The van der Waals surface area contributed by atoms with E-state index in [-0.39, 0.29) is 11.3 Å². The molecule has 0 saturated heterocycles. The number of nitrogens with zero attached hydrogens (tertiary/aromatic N) is 1. The van der Waals surface area contributed by atoms with Gasteiger partial charge in [-0.15, -0.1) is 11.3 Å². The molecule has 0 aliphatic heterocycles. The number of hydrogen-bond donors (Lipinski definition) is 3. The molecule has 0 radical (unpaired) electrons. The van der Waals surface area contributed by atoms with E-state index in [0.717, 1.165) is 25.3 Å². The van der Waals surface area contributed by atoms with Crippen LogP contribution in [0.3, 0.4) is 0 Å². The Hall–Kier alpha value is -1.56. The maximum Gasteiger partial charge on any atom is 0.221 e. The summed E-state index contributed by atoms with van der Waals surface area (Å²) in [5.41, 5.74) is 0.0458. The van der Waals surface area contributed by atoms with E-state index >= 15 is 0 Å². The first-order valence-corrected chi connectivity index (χ1v) is 10.2. The van der Waals surface area contributed by atoms with E-state index in [2.05, 4.69) is 52.3 Å². The standard InChI is InChI=1S/C19H32N4OS/c1-19(2,16-10-7-13-25-16)14-22-18(20-3)21-12-11-17(24)23-15-8-5-4-6-9-15/h7,10,13,15H,4-6,8-9,11-12,14H2,1-3H3,(H,23,24)(H2,20,21,22). The first kappa shape index (κ1) is 19.8. The predicted octanol–water partition coefficient (Wildman–Crippen LogP) is 3.03. The molecule has 6 heteroatoms. The van der Waals surface area contributed by atoms with Gasteiger partial charge < -0.3 is 16.0 Å². The van der Waals surface area contributed by atoms with Gasteiger partial charge in [-0.25, -0.2) is 0 Å². The van der Waals surface area contributed by atoms with Crippen molar-refractivity contribution in [1.82, 2.24) is 16.0 Å². The number of carbonyl (C=O) groups is 1. The smallest absolute Gasteiger partial charge is 0.221 e. The molecule has 5 nitrogen and oxygen atoms in total. The molecule has 25 heavy (non-hydrogen) atoms. The van der Waals surface area contributed by atoms with Crippen molar-refractivity contribution < 1.29 is 4.79 Å². The van der Waals surface area contributed by atoms with Gasteiger partial charge in [0.1, 0.15) is 0 Å². The second-order valence-electron chi connectivity index (χ2n) is 7.37. The highest BCUT2D eigenvalue weighted by Gasteiger charge is 2.22. The van der Waals surface area contributed by atoms with Crippen molar-refractivity contribution in [1.29, 1.82) is 0 Å². The van der Waals surface area contributed by atoms with Crippen LogP contribution in [0, 0.1) is 0 Å². The Balaban J connectivity index is 1.67. The van der Waals surface area contributed by atoms with Crippen molar-refractivity contribution in [2.24, 2.45) is 4.99 Å². The molecule has 1 saturated carbocycles. The lowest BCUT2D eigenvalue weighted by molar-refractivity contribution is -0.121. The Morgan fingerprint density at radius 2 is 2.04 bits per heavy atom. The molecular weight excluding hydrogens is 332 g/mol. The van der Waals surface area contributed by atoms with Crippen LogP contribution in [0.15, 0.2) is 22.5 Å². The number of hydrogen-bond acceptors (Lipinski definition) is 3. The summed E-state index contributed by atoms with van der Waals surface area (Å²) in [5.74, 6) is 0.879. The van der Waals surface area contributed by atoms with Gasteiger partial charge in [-0.1, -0.05) is 39.2 Å². The Morgan fingerprint density at radius 1 is 1.28 bits per heavy atom. The van der Waals surface area contributed by atoms with Gasteiger partial charge in [0.25, 0.3) is 0 Å². The fourth-order valence-corrected chi connectivity index (χ4v) is 3.97. The van der Waals surface area contributed by atoms with Gasteiger partial charge in [-0.2, -0.15) is 0 Å². The van der Waals surface area contributed by atoms with Crippen LogP contribution >= 0.6 is 11.3 Å². The average Bonchev–Trinajstić information content (AvgIpc) is 3.14. The molecule has 1 amide bonds. The van der Waals surface area contributed by atoms with Crippen LogP contribution in [-0.2, 0) is 10.2 Å². The van der Waals surface area contributed by atoms with E-state index in [1.54, 1.807) is 18.4 Å². The van der Waals surface area contributed by atoms with E-state index in [1.807, 2.05) is 0 Å². The van der Waals surface area contributed by atoms with Crippen LogP contribution < -0.4 is 16.0 Å². The number of carbonyl (C=O) groups excluding carboxylic acids is 1. The summed E-state index contributed by atoms with van der Waals surface area (Å²) in [7, 11) is 1.76. The Morgan fingerprint density at radius 3 is 2.68 bits per heavy atom. The fraction of sp³-hybridized carbons (Fsp3) is 0.684. The number of rotatable bonds is 7. The van der Waals surface area contributed by atoms with Crippen LogP contribution in [-0.4, -0.2) is 38.0 Å². The monoisotopic (exact) mass is 364 g/mol. The van der Waals surface area contributed by atoms with Crippen LogP contribution in [0.4, 0.5) is 0 Å².